The Labute approximate surface area is 76.8 Å². The van der Waals surface area contributed by atoms with Crippen LogP contribution < -0.4 is 5.32 Å². The van der Waals surface area contributed by atoms with Gasteiger partial charge in [-0.25, -0.2) is 9.56 Å². The average molecular weight is 183 g/mol. The van der Waals surface area contributed by atoms with Crippen molar-refractivity contribution < 1.29 is 14.7 Å². The van der Waals surface area contributed by atoms with Crippen LogP contribution in [0.1, 0.15) is 0 Å². The van der Waals surface area contributed by atoms with Crippen molar-refractivity contribution in [3.8, 4) is 9.56 Å². The van der Waals surface area contributed by atoms with Crippen molar-refractivity contribution in [1.29, 1.82) is 0 Å². The van der Waals surface area contributed by atoms with Gasteiger partial charge in [-0.3, -0.25) is 9.59 Å². The molecule has 11 heavy (non-hydrogen) atoms. The number of rotatable bonds is 2. The molecule has 4 nitrogen and oxygen atoms in total. The molecule has 0 unspecified atom stereocenters. The van der Waals surface area contributed by atoms with Gasteiger partial charge in [0, 0.05) is 7.05 Å². The molecule has 0 bridgehead atoms. The Kier molecular flexibility index (Phi) is 5.04. The Morgan fingerprint density at radius 1 is 1.64 bits per heavy atom. The molecule has 0 saturated carbocycles. The van der Waals surface area contributed by atoms with Crippen LogP contribution in [0.15, 0.2) is 0 Å². The summed E-state index contributed by atoms with van der Waals surface area (Å²) in [7, 11) is 1.42. The Morgan fingerprint density at radius 3 is 2.45 bits per heavy atom. The monoisotopic (exact) mass is 183 g/mol. The smallest absolute Gasteiger partial charge is 0.494 e. The zero-order valence-electron chi connectivity index (χ0n) is 6.34. The van der Waals surface area contributed by atoms with Crippen LogP contribution >= 0.6 is 0 Å². The summed E-state index contributed by atoms with van der Waals surface area (Å²) in [5.74, 6) is 0. The molecule has 0 aliphatic heterocycles. The average Bonchev–Trinajstić information content (AvgIpc) is 1.98. The molecule has 0 atom stereocenters. The Bertz CT molecular complexity index is 230. The number of carbonyl (C=O) groups excluding carboxylic acids is 1. The maximum atomic E-state index is 10.8. The number of carbonyl (C=O) groups is 2. The first kappa shape index (κ1) is 10.6. The summed E-state index contributed by atoms with van der Waals surface area (Å²) in [4.78, 5) is 25.2. The van der Waals surface area contributed by atoms with Gasteiger partial charge in [0.05, 0.1) is 0 Å². The summed E-state index contributed by atoms with van der Waals surface area (Å²) in [5.41, 5.74) is 0. The third-order valence-electron chi connectivity index (χ3n) is 1.04. The molecular formula is C5H7Al2NO3. The zero-order chi connectivity index (χ0) is 8.85. The fourth-order valence-corrected chi connectivity index (χ4v) is 2.45. The molecule has 2 N–H and O–H groups in total. The molecule has 0 aliphatic rings. The lowest BCUT2D eigenvalue weighted by atomic mass is 11.2. The fourth-order valence-electron chi connectivity index (χ4n) is 0.528. The maximum absolute atomic E-state index is 10.8. The van der Waals surface area contributed by atoms with E-state index in [2.05, 4.69) is 14.9 Å². The summed E-state index contributed by atoms with van der Waals surface area (Å²) in [6, 6.07) is 0. The van der Waals surface area contributed by atoms with Crippen molar-refractivity contribution in [1.82, 2.24) is 5.32 Å². The number of hydrogen-bond acceptors (Lipinski definition) is 2. The normalized spacial score (nSPS) is 7.36. The second-order valence-electron chi connectivity index (χ2n) is 1.78. The molecule has 6 heteroatoms. The summed E-state index contributed by atoms with van der Waals surface area (Å²) in [6.07, 6.45) is 0. The molecule has 0 heterocycles. The van der Waals surface area contributed by atoms with E-state index in [-0.39, 0.29) is 0 Å². The highest BCUT2D eigenvalue weighted by molar-refractivity contribution is 7.14. The molecule has 0 aromatic rings. The van der Waals surface area contributed by atoms with Gasteiger partial charge in [0.25, 0.3) is 0 Å². The molecule has 0 fully saturated rings. The molecule has 0 radical (unpaired) electrons. The first-order chi connectivity index (χ1) is 5.13. The van der Waals surface area contributed by atoms with Crippen LogP contribution in [0.3, 0.4) is 0 Å². The molecule has 0 aromatic heterocycles. The predicted molar refractivity (Wildman–Crippen MR) is 44.6 cm³/mol. The summed E-state index contributed by atoms with van der Waals surface area (Å²) in [5, 5.41) is 10.8. The maximum Gasteiger partial charge on any atom is 0.651 e. The van der Waals surface area contributed by atoms with E-state index >= 15 is 0 Å². The SMILES string of the molecule is CN[C](=O)[Al]([C]#[C][AlH2])[C](=O)O. The lowest BCUT2D eigenvalue weighted by Gasteiger charge is -1.96. The van der Waals surface area contributed by atoms with E-state index in [9.17, 15) is 9.59 Å². The van der Waals surface area contributed by atoms with E-state index in [1.807, 2.05) is 0 Å². The Balaban J connectivity index is 4.43. The highest BCUT2D eigenvalue weighted by atomic mass is 27.2. The minimum absolute atomic E-state index is 0.430. The molecular weight excluding hydrogens is 176 g/mol. The molecule has 0 aromatic carbocycles. The molecule has 1 amide bonds. The van der Waals surface area contributed by atoms with Crippen LogP contribution in [0, 0.1) is 9.56 Å². The zero-order valence-corrected chi connectivity index (χ0v) is 9.50. The van der Waals surface area contributed by atoms with Gasteiger partial charge in [0.2, 0.25) is 4.83 Å². The third kappa shape index (κ3) is 3.47. The van der Waals surface area contributed by atoms with Crippen molar-refractivity contribution in [2.45, 2.75) is 0 Å². The van der Waals surface area contributed by atoms with Crippen LogP contribution in [0.5, 0.6) is 0 Å². The van der Waals surface area contributed by atoms with Crippen molar-refractivity contribution >= 4 is 40.0 Å². The van der Waals surface area contributed by atoms with E-state index in [0.717, 1.165) is 0 Å². The molecule has 0 spiro atoms. The Hall–Kier alpha value is -0.435. The van der Waals surface area contributed by atoms with Gasteiger partial charge in [-0.15, -0.1) is 0 Å². The number of nitrogens with one attached hydrogen (secondary N) is 1. The minimum Gasteiger partial charge on any atom is -0.494 e. The lowest BCUT2D eigenvalue weighted by molar-refractivity contribution is 0.219. The van der Waals surface area contributed by atoms with Crippen molar-refractivity contribution in [3.05, 3.63) is 0 Å². The van der Waals surface area contributed by atoms with Gasteiger partial charge in [0.15, 0.2) is 4.77 Å². The molecule has 0 aliphatic carbocycles. The number of carboxylic acid groups (broad SMARTS) is 1. The standard InChI is InChI=1S/C2H4NO.C2.CHO2.2Al.2H/c1-3-2-4;1-2;2-1-3;;;;/h1H3,(H,3,4);;(H,2,3);;;;. The predicted octanol–water partition coefficient (Wildman–Crippen LogP) is -1.20. The first-order valence-corrected chi connectivity index (χ1v) is 5.73. The lowest BCUT2D eigenvalue weighted by Crippen LogP contribution is -2.39. The number of amides is 1. The Morgan fingerprint density at radius 2 is 2.18 bits per heavy atom. The minimum atomic E-state index is -2.56. The molecule has 0 saturated heterocycles. The molecule has 56 valence electrons. The quantitative estimate of drug-likeness (QED) is 0.417. The van der Waals surface area contributed by atoms with Crippen LogP contribution in [0.2, 0.25) is 0 Å². The van der Waals surface area contributed by atoms with Crippen LogP contribution in [-0.4, -0.2) is 52.2 Å². The second-order valence-corrected chi connectivity index (χ2v) is 4.45. The van der Waals surface area contributed by atoms with E-state index in [1.165, 1.54) is 7.05 Å². The van der Waals surface area contributed by atoms with Crippen molar-refractivity contribution in [3.63, 3.8) is 0 Å². The van der Waals surface area contributed by atoms with Crippen LogP contribution in [0.25, 0.3) is 0 Å². The molecule has 0 rings (SSSR count). The summed E-state index contributed by atoms with van der Waals surface area (Å²) >= 11 is -1.95. The van der Waals surface area contributed by atoms with Gasteiger partial charge in [-0.1, -0.05) is 0 Å². The van der Waals surface area contributed by atoms with Gasteiger partial charge >= 0.3 is 30.4 Å². The summed E-state index contributed by atoms with van der Waals surface area (Å²) < 4.78 is -0.430. The summed E-state index contributed by atoms with van der Waals surface area (Å²) in [6.45, 7) is 0. The van der Waals surface area contributed by atoms with E-state index in [1.54, 1.807) is 0 Å². The highest BCUT2D eigenvalue weighted by Crippen LogP contribution is 1.84. The van der Waals surface area contributed by atoms with E-state index in [0.29, 0.717) is 16.3 Å². The van der Waals surface area contributed by atoms with Gasteiger partial charge < -0.3 is 10.4 Å². The largest absolute Gasteiger partial charge is 0.651 e. The van der Waals surface area contributed by atoms with Crippen LogP contribution in [0.4, 0.5) is 9.59 Å². The van der Waals surface area contributed by atoms with E-state index < -0.39 is 23.7 Å². The fraction of sp³-hybridized carbons (Fsp3) is 0.200. The van der Waals surface area contributed by atoms with Gasteiger partial charge in [0.1, 0.15) is 0 Å². The van der Waals surface area contributed by atoms with Crippen molar-refractivity contribution in [2.24, 2.45) is 0 Å². The van der Waals surface area contributed by atoms with Crippen LogP contribution in [-0.2, 0) is 0 Å². The van der Waals surface area contributed by atoms with Gasteiger partial charge in [-0.05, 0) is 0 Å². The van der Waals surface area contributed by atoms with E-state index in [4.69, 9.17) is 5.11 Å². The third-order valence-corrected chi connectivity index (χ3v) is 3.79. The van der Waals surface area contributed by atoms with Crippen molar-refractivity contribution in [2.75, 3.05) is 7.05 Å². The topological polar surface area (TPSA) is 66.4 Å². The second kappa shape index (κ2) is 5.25. The van der Waals surface area contributed by atoms with Gasteiger partial charge in [-0.2, -0.15) is 0 Å². The first-order valence-electron chi connectivity index (χ1n) is 3.00. The highest BCUT2D eigenvalue weighted by Gasteiger charge is 2.35. The number of hydrogen-bond donors (Lipinski definition) is 2.